The third kappa shape index (κ3) is 3.21. The molecule has 0 amide bonds. The SMILES string of the molecule is CCOC(=O)C(C)NC1CCCC1C#N. The van der Waals surface area contributed by atoms with Crippen molar-refractivity contribution in [3.63, 3.8) is 0 Å². The Morgan fingerprint density at radius 3 is 3.00 bits per heavy atom. The number of carbonyl (C=O) groups excluding carboxylic acids is 1. The summed E-state index contributed by atoms with van der Waals surface area (Å²) in [6.45, 7) is 3.97. The van der Waals surface area contributed by atoms with Crippen LogP contribution in [-0.4, -0.2) is 24.7 Å². The van der Waals surface area contributed by atoms with Crippen molar-refractivity contribution in [1.82, 2.24) is 5.32 Å². The molecule has 0 heterocycles. The fraction of sp³-hybridized carbons (Fsp3) is 0.818. The molecule has 15 heavy (non-hydrogen) atoms. The number of hydrogen-bond acceptors (Lipinski definition) is 4. The Kier molecular flexibility index (Phi) is 4.57. The van der Waals surface area contributed by atoms with Crippen molar-refractivity contribution in [3.05, 3.63) is 0 Å². The van der Waals surface area contributed by atoms with Crippen LogP contribution in [-0.2, 0) is 9.53 Å². The van der Waals surface area contributed by atoms with Crippen LogP contribution in [0.25, 0.3) is 0 Å². The van der Waals surface area contributed by atoms with Crippen LogP contribution >= 0.6 is 0 Å². The monoisotopic (exact) mass is 210 g/mol. The Bertz CT molecular complexity index is 260. The number of nitriles is 1. The van der Waals surface area contributed by atoms with Gasteiger partial charge in [0, 0.05) is 6.04 Å². The normalized spacial score (nSPS) is 27.0. The molecule has 1 aliphatic rings. The van der Waals surface area contributed by atoms with Gasteiger partial charge in [0.1, 0.15) is 6.04 Å². The summed E-state index contributed by atoms with van der Waals surface area (Å²) >= 11 is 0. The maximum absolute atomic E-state index is 11.4. The van der Waals surface area contributed by atoms with E-state index in [4.69, 9.17) is 10.00 Å². The van der Waals surface area contributed by atoms with Crippen LogP contribution in [0.5, 0.6) is 0 Å². The molecule has 1 rings (SSSR count). The minimum absolute atomic E-state index is 0.0434. The summed E-state index contributed by atoms with van der Waals surface area (Å²) < 4.78 is 4.90. The third-order valence-corrected chi connectivity index (χ3v) is 2.79. The first-order valence-corrected chi connectivity index (χ1v) is 5.51. The van der Waals surface area contributed by atoms with Gasteiger partial charge in [-0.3, -0.25) is 4.79 Å². The summed E-state index contributed by atoms with van der Waals surface area (Å²) in [5.74, 6) is -0.192. The summed E-state index contributed by atoms with van der Waals surface area (Å²) in [6, 6.07) is 2.11. The Morgan fingerprint density at radius 1 is 1.67 bits per heavy atom. The number of nitrogens with zero attached hydrogens (tertiary/aromatic N) is 1. The lowest BCUT2D eigenvalue weighted by molar-refractivity contribution is -0.145. The Hall–Kier alpha value is -1.08. The van der Waals surface area contributed by atoms with E-state index in [0.29, 0.717) is 6.61 Å². The van der Waals surface area contributed by atoms with Crippen LogP contribution in [0.3, 0.4) is 0 Å². The first-order chi connectivity index (χ1) is 7.19. The number of rotatable bonds is 4. The van der Waals surface area contributed by atoms with Gasteiger partial charge in [-0.2, -0.15) is 5.26 Å². The maximum Gasteiger partial charge on any atom is 0.322 e. The van der Waals surface area contributed by atoms with Crippen molar-refractivity contribution in [2.45, 2.75) is 45.2 Å². The van der Waals surface area contributed by atoms with Crippen molar-refractivity contribution in [1.29, 1.82) is 5.26 Å². The van der Waals surface area contributed by atoms with E-state index in [1.54, 1.807) is 13.8 Å². The zero-order valence-corrected chi connectivity index (χ0v) is 9.32. The van der Waals surface area contributed by atoms with Crippen LogP contribution in [0.2, 0.25) is 0 Å². The lowest BCUT2D eigenvalue weighted by Crippen LogP contribution is -2.43. The highest BCUT2D eigenvalue weighted by Gasteiger charge is 2.29. The topological polar surface area (TPSA) is 62.1 Å². The van der Waals surface area contributed by atoms with Crippen LogP contribution in [0.15, 0.2) is 0 Å². The predicted molar refractivity (Wildman–Crippen MR) is 56.0 cm³/mol. The number of nitrogens with one attached hydrogen (secondary N) is 1. The summed E-state index contributed by atoms with van der Waals surface area (Å²) in [4.78, 5) is 11.4. The summed E-state index contributed by atoms with van der Waals surface area (Å²) in [6.07, 6.45) is 2.97. The highest BCUT2D eigenvalue weighted by molar-refractivity contribution is 5.75. The second-order valence-electron chi connectivity index (χ2n) is 3.91. The smallest absolute Gasteiger partial charge is 0.322 e. The van der Waals surface area contributed by atoms with E-state index < -0.39 is 0 Å². The van der Waals surface area contributed by atoms with Gasteiger partial charge in [-0.25, -0.2) is 0 Å². The molecule has 0 saturated heterocycles. The van der Waals surface area contributed by atoms with E-state index >= 15 is 0 Å². The lowest BCUT2D eigenvalue weighted by atomic mass is 10.1. The molecule has 1 saturated carbocycles. The fourth-order valence-corrected chi connectivity index (χ4v) is 1.97. The lowest BCUT2D eigenvalue weighted by Gasteiger charge is -2.20. The molecule has 1 fully saturated rings. The van der Waals surface area contributed by atoms with E-state index in [-0.39, 0.29) is 24.0 Å². The number of ether oxygens (including phenoxy) is 1. The van der Waals surface area contributed by atoms with Gasteiger partial charge in [-0.05, 0) is 26.7 Å². The largest absolute Gasteiger partial charge is 0.465 e. The minimum Gasteiger partial charge on any atom is -0.465 e. The average Bonchev–Trinajstić information content (AvgIpc) is 2.65. The zero-order valence-electron chi connectivity index (χ0n) is 9.32. The highest BCUT2D eigenvalue weighted by atomic mass is 16.5. The van der Waals surface area contributed by atoms with Gasteiger partial charge in [0.05, 0.1) is 18.6 Å². The molecule has 4 heteroatoms. The Balaban J connectivity index is 2.40. The molecule has 0 aromatic rings. The van der Waals surface area contributed by atoms with Crippen LogP contribution in [0, 0.1) is 17.2 Å². The van der Waals surface area contributed by atoms with E-state index in [1.165, 1.54) is 0 Å². The first kappa shape index (κ1) is 12.0. The van der Waals surface area contributed by atoms with Crippen molar-refractivity contribution < 1.29 is 9.53 Å². The van der Waals surface area contributed by atoms with Gasteiger partial charge < -0.3 is 10.1 Å². The maximum atomic E-state index is 11.4. The standard InChI is InChI=1S/C11H18N2O2/c1-3-15-11(14)8(2)13-10-6-4-5-9(10)7-12/h8-10,13H,3-6H2,1-2H3. The molecule has 3 unspecified atom stereocenters. The predicted octanol–water partition coefficient (Wildman–Crippen LogP) is 1.22. The molecule has 1 N–H and O–H groups in total. The van der Waals surface area contributed by atoms with Gasteiger partial charge in [-0.1, -0.05) is 6.42 Å². The zero-order chi connectivity index (χ0) is 11.3. The van der Waals surface area contributed by atoms with E-state index in [2.05, 4.69) is 11.4 Å². The fourth-order valence-electron chi connectivity index (χ4n) is 1.97. The van der Waals surface area contributed by atoms with E-state index in [9.17, 15) is 4.79 Å². The van der Waals surface area contributed by atoms with E-state index in [0.717, 1.165) is 19.3 Å². The average molecular weight is 210 g/mol. The summed E-state index contributed by atoms with van der Waals surface area (Å²) in [5, 5.41) is 12.1. The molecule has 3 atom stereocenters. The van der Waals surface area contributed by atoms with Crippen molar-refractivity contribution in [3.8, 4) is 6.07 Å². The number of carbonyl (C=O) groups is 1. The molecule has 84 valence electrons. The van der Waals surface area contributed by atoms with Crippen molar-refractivity contribution in [2.24, 2.45) is 5.92 Å². The van der Waals surface area contributed by atoms with Gasteiger partial charge in [0.25, 0.3) is 0 Å². The molecule has 0 spiro atoms. The number of hydrogen-bond donors (Lipinski definition) is 1. The molecule has 1 aliphatic carbocycles. The molecule has 0 aromatic carbocycles. The van der Waals surface area contributed by atoms with Crippen LogP contribution < -0.4 is 5.32 Å². The molecule has 0 bridgehead atoms. The van der Waals surface area contributed by atoms with Gasteiger partial charge >= 0.3 is 5.97 Å². The Labute approximate surface area is 90.6 Å². The first-order valence-electron chi connectivity index (χ1n) is 5.51. The van der Waals surface area contributed by atoms with Crippen molar-refractivity contribution >= 4 is 5.97 Å². The molecular weight excluding hydrogens is 192 g/mol. The molecule has 0 aliphatic heterocycles. The summed E-state index contributed by atoms with van der Waals surface area (Å²) in [7, 11) is 0. The van der Waals surface area contributed by atoms with Gasteiger partial charge in [0.15, 0.2) is 0 Å². The third-order valence-electron chi connectivity index (χ3n) is 2.79. The van der Waals surface area contributed by atoms with Crippen LogP contribution in [0.1, 0.15) is 33.1 Å². The van der Waals surface area contributed by atoms with Gasteiger partial charge in [-0.15, -0.1) is 0 Å². The number of esters is 1. The quantitative estimate of drug-likeness (QED) is 0.709. The minimum atomic E-state index is -0.316. The molecule has 0 aromatic heterocycles. The molecular formula is C11H18N2O2. The molecule has 0 radical (unpaired) electrons. The van der Waals surface area contributed by atoms with Crippen molar-refractivity contribution in [2.75, 3.05) is 6.61 Å². The Morgan fingerprint density at radius 2 is 2.40 bits per heavy atom. The van der Waals surface area contributed by atoms with Crippen LogP contribution in [0.4, 0.5) is 0 Å². The highest BCUT2D eigenvalue weighted by Crippen LogP contribution is 2.25. The second kappa shape index (κ2) is 5.72. The molecule has 4 nitrogen and oxygen atoms in total. The van der Waals surface area contributed by atoms with Gasteiger partial charge in [0.2, 0.25) is 0 Å². The van der Waals surface area contributed by atoms with E-state index in [1.807, 2.05) is 0 Å². The summed E-state index contributed by atoms with van der Waals surface area (Å²) in [5.41, 5.74) is 0. The second-order valence-corrected chi connectivity index (χ2v) is 3.91.